The van der Waals surface area contributed by atoms with Gasteiger partial charge in [0.25, 0.3) is 5.56 Å². The second kappa shape index (κ2) is 11.5. The van der Waals surface area contributed by atoms with Gasteiger partial charge in [0.2, 0.25) is 0 Å². The van der Waals surface area contributed by atoms with Gasteiger partial charge >= 0.3 is 0 Å². The van der Waals surface area contributed by atoms with Crippen LogP contribution in [0.15, 0.2) is 70.6 Å². The van der Waals surface area contributed by atoms with Crippen molar-refractivity contribution in [2.24, 2.45) is 5.10 Å². The molecule has 0 atom stereocenters. The molecule has 1 fully saturated rings. The lowest BCUT2D eigenvalue weighted by Crippen LogP contribution is -2.25. The van der Waals surface area contributed by atoms with E-state index in [1.54, 1.807) is 13.3 Å². The third-order valence-electron chi connectivity index (χ3n) is 6.79. The van der Waals surface area contributed by atoms with E-state index in [0.717, 1.165) is 51.7 Å². The standard InChI is InChI=1S/C30H30IN3O3/c1-20-9-8-10-21(15-20)19-37-28-25(31)16-22(17-27(28)36-2)18-32-34-29(23-11-4-3-5-12-23)33-26-14-7-6-13-24(26)30(34)35/h6-10,13-18,23H,3-5,11-12,19H2,1-2H3. The van der Waals surface area contributed by atoms with Crippen molar-refractivity contribution >= 4 is 39.7 Å². The van der Waals surface area contributed by atoms with E-state index in [-0.39, 0.29) is 11.5 Å². The Morgan fingerprint density at radius 3 is 2.68 bits per heavy atom. The fourth-order valence-electron chi connectivity index (χ4n) is 4.91. The van der Waals surface area contributed by atoms with Crippen LogP contribution in [-0.2, 0) is 6.61 Å². The Hall–Kier alpha value is -3.20. The van der Waals surface area contributed by atoms with Crippen LogP contribution in [-0.4, -0.2) is 23.0 Å². The molecule has 0 radical (unpaired) electrons. The van der Waals surface area contributed by atoms with Crippen molar-refractivity contribution in [3.8, 4) is 11.5 Å². The number of rotatable bonds is 7. The highest BCUT2D eigenvalue weighted by Gasteiger charge is 2.22. The van der Waals surface area contributed by atoms with Crippen LogP contribution in [0.5, 0.6) is 11.5 Å². The van der Waals surface area contributed by atoms with E-state index in [2.05, 4.69) is 46.7 Å². The van der Waals surface area contributed by atoms with Crippen molar-refractivity contribution in [1.29, 1.82) is 0 Å². The van der Waals surface area contributed by atoms with Gasteiger partial charge in [-0.3, -0.25) is 4.79 Å². The Labute approximate surface area is 230 Å². The highest BCUT2D eigenvalue weighted by atomic mass is 127. The lowest BCUT2D eigenvalue weighted by Gasteiger charge is -2.22. The largest absolute Gasteiger partial charge is 0.493 e. The molecule has 0 bridgehead atoms. The molecule has 190 valence electrons. The number of aromatic nitrogens is 2. The van der Waals surface area contributed by atoms with Crippen LogP contribution in [0.3, 0.4) is 0 Å². The number of methoxy groups -OCH3 is 1. The Kier molecular flexibility index (Phi) is 7.88. The first-order valence-electron chi connectivity index (χ1n) is 12.7. The molecule has 7 heteroatoms. The summed E-state index contributed by atoms with van der Waals surface area (Å²) in [5, 5.41) is 5.24. The zero-order chi connectivity index (χ0) is 25.8. The summed E-state index contributed by atoms with van der Waals surface area (Å²) < 4.78 is 14.2. The average molecular weight is 607 g/mol. The molecule has 37 heavy (non-hydrogen) atoms. The maximum Gasteiger partial charge on any atom is 0.282 e. The summed E-state index contributed by atoms with van der Waals surface area (Å²) >= 11 is 2.25. The molecule has 0 saturated heterocycles. The van der Waals surface area contributed by atoms with E-state index in [4.69, 9.17) is 14.5 Å². The topological polar surface area (TPSA) is 65.7 Å². The second-order valence-electron chi connectivity index (χ2n) is 9.50. The van der Waals surface area contributed by atoms with Crippen LogP contribution in [0.2, 0.25) is 0 Å². The molecule has 5 rings (SSSR count). The molecule has 4 aromatic rings. The Balaban J connectivity index is 1.48. The van der Waals surface area contributed by atoms with Crippen LogP contribution < -0.4 is 15.0 Å². The van der Waals surface area contributed by atoms with E-state index < -0.39 is 0 Å². The molecule has 1 aliphatic carbocycles. The van der Waals surface area contributed by atoms with Crippen molar-refractivity contribution in [3.05, 3.63) is 97.1 Å². The van der Waals surface area contributed by atoms with Gasteiger partial charge in [-0.15, -0.1) is 0 Å². The van der Waals surface area contributed by atoms with Gasteiger partial charge in [0.15, 0.2) is 11.5 Å². The van der Waals surface area contributed by atoms with E-state index in [0.29, 0.717) is 23.5 Å². The van der Waals surface area contributed by atoms with Crippen molar-refractivity contribution < 1.29 is 9.47 Å². The smallest absolute Gasteiger partial charge is 0.282 e. The minimum Gasteiger partial charge on any atom is -0.493 e. The van der Waals surface area contributed by atoms with Crippen LogP contribution in [0, 0.1) is 10.5 Å². The zero-order valence-electron chi connectivity index (χ0n) is 21.1. The summed E-state index contributed by atoms with van der Waals surface area (Å²) in [7, 11) is 1.63. The summed E-state index contributed by atoms with van der Waals surface area (Å²) in [6.45, 7) is 2.52. The predicted octanol–water partition coefficient (Wildman–Crippen LogP) is 6.83. The predicted molar refractivity (Wildman–Crippen MR) is 156 cm³/mol. The monoisotopic (exact) mass is 607 g/mol. The van der Waals surface area contributed by atoms with Crippen LogP contribution in [0.25, 0.3) is 10.9 Å². The third-order valence-corrected chi connectivity index (χ3v) is 7.59. The number of benzene rings is 3. The number of hydrogen-bond donors (Lipinski definition) is 0. The van der Waals surface area contributed by atoms with Crippen LogP contribution in [0.4, 0.5) is 0 Å². The molecule has 1 saturated carbocycles. The highest BCUT2D eigenvalue weighted by Crippen LogP contribution is 2.35. The quantitative estimate of drug-likeness (QED) is 0.171. The van der Waals surface area contributed by atoms with Crippen molar-refractivity contribution in [1.82, 2.24) is 9.66 Å². The first-order chi connectivity index (χ1) is 18.0. The zero-order valence-corrected chi connectivity index (χ0v) is 23.3. The second-order valence-corrected chi connectivity index (χ2v) is 10.7. The summed E-state index contributed by atoms with van der Waals surface area (Å²) in [6.07, 6.45) is 7.29. The minimum atomic E-state index is -0.137. The molecular formula is C30H30IN3O3. The molecule has 0 N–H and O–H groups in total. The van der Waals surface area contributed by atoms with Gasteiger partial charge in [0, 0.05) is 5.92 Å². The number of ether oxygens (including phenoxy) is 2. The van der Waals surface area contributed by atoms with Gasteiger partial charge in [-0.1, -0.05) is 61.2 Å². The number of aryl methyl sites for hydroxylation is 1. The van der Waals surface area contributed by atoms with Crippen molar-refractivity contribution in [2.45, 2.75) is 51.6 Å². The van der Waals surface area contributed by atoms with Crippen molar-refractivity contribution in [2.75, 3.05) is 7.11 Å². The molecule has 0 unspecified atom stereocenters. The number of nitrogens with zero attached hydrogens (tertiary/aromatic N) is 3. The molecule has 6 nitrogen and oxygen atoms in total. The first kappa shape index (κ1) is 25.4. The number of hydrogen-bond acceptors (Lipinski definition) is 5. The molecule has 1 aromatic heterocycles. The number of fused-ring (bicyclic) bond motifs is 1. The fourth-order valence-corrected chi connectivity index (χ4v) is 5.69. The van der Waals surface area contributed by atoms with E-state index in [1.165, 1.54) is 16.7 Å². The van der Waals surface area contributed by atoms with Gasteiger partial charge in [-0.05, 0) is 77.7 Å². The molecule has 0 spiro atoms. The Morgan fingerprint density at radius 1 is 1.08 bits per heavy atom. The molecular weight excluding hydrogens is 577 g/mol. The maximum absolute atomic E-state index is 13.5. The van der Waals surface area contributed by atoms with Crippen molar-refractivity contribution in [3.63, 3.8) is 0 Å². The van der Waals surface area contributed by atoms with Crippen LogP contribution >= 0.6 is 22.6 Å². The van der Waals surface area contributed by atoms with Gasteiger partial charge in [-0.2, -0.15) is 9.78 Å². The summed E-state index contributed by atoms with van der Waals surface area (Å²) in [5.74, 6) is 2.29. The number of para-hydroxylation sites is 1. The number of halogens is 1. The summed E-state index contributed by atoms with van der Waals surface area (Å²) in [5.41, 5.74) is 3.70. The van der Waals surface area contributed by atoms with Gasteiger partial charge in [0.05, 0.1) is 27.8 Å². The van der Waals surface area contributed by atoms with Gasteiger partial charge < -0.3 is 9.47 Å². The lowest BCUT2D eigenvalue weighted by atomic mass is 9.88. The SMILES string of the molecule is COc1cc(C=Nn2c(C3CCCCC3)nc3ccccc3c2=O)cc(I)c1OCc1cccc(C)c1. The van der Waals surface area contributed by atoms with E-state index in [1.807, 2.05) is 48.5 Å². The Morgan fingerprint density at radius 2 is 1.89 bits per heavy atom. The third kappa shape index (κ3) is 5.71. The Bertz CT molecular complexity index is 1510. The van der Waals surface area contributed by atoms with E-state index in [9.17, 15) is 4.79 Å². The molecule has 0 aliphatic heterocycles. The fraction of sp³-hybridized carbons (Fsp3) is 0.300. The minimum absolute atomic E-state index is 0.137. The lowest BCUT2D eigenvalue weighted by molar-refractivity contribution is 0.282. The summed E-state index contributed by atoms with van der Waals surface area (Å²) in [4.78, 5) is 18.4. The first-order valence-corrected chi connectivity index (χ1v) is 13.7. The van der Waals surface area contributed by atoms with Gasteiger partial charge in [-0.25, -0.2) is 4.98 Å². The molecule has 0 amide bonds. The highest BCUT2D eigenvalue weighted by molar-refractivity contribution is 14.1. The normalized spacial score (nSPS) is 14.4. The van der Waals surface area contributed by atoms with Crippen LogP contribution in [0.1, 0.15) is 60.5 Å². The van der Waals surface area contributed by atoms with E-state index >= 15 is 0 Å². The molecule has 3 aromatic carbocycles. The van der Waals surface area contributed by atoms with Gasteiger partial charge in [0.1, 0.15) is 12.4 Å². The summed E-state index contributed by atoms with van der Waals surface area (Å²) in [6, 6.07) is 19.6. The average Bonchev–Trinajstić information content (AvgIpc) is 2.92. The molecule has 1 heterocycles. The molecule has 1 aliphatic rings. The maximum atomic E-state index is 13.5.